The molecule has 3 nitrogen and oxygen atoms in total. The van der Waals surface area contributed by atoms with E-state index in [2.05, 4.69) is 23.5 Å². The Morgan fingerprint density at radius 2 is 2.28 bits per heavy atom. The molecule has 0 atom stereocenters. The first-order valence-electron chi connectivity index (χ1n) is 5.83. The lowest BCUT2D eigenvalue weighted by atomic mass is 10.2. The first-order valence-corrected chi connectivity index (χ1v) is 7.52. The zero-order valence-corrected chi connectivity index (χ0v) is 11.6. The molecule has 0 aliphatic carbocycles. The second-order valence-electron chi connectivity index (χ2n) is 4.03. The van der Waals surface area contributed by atoms with Gasteiger partial charge in [-0.15, -0.1) is 22.7 Å². The Bertz CT molecular complexity index is 664. The van der Waals surface area contributed by atoms with Crippen LogP contribution < -0.4 is 0 Å². The number of hydrogen-bond donors (Lipinski definition) is 0. The van der Waals surface area contributed by atoms with Crippen molar-refractivity contribution in [3.63, 3.8) is 0 Å². The highest BCUT2D eigenvalue weighted by atomic mass is 32.1. The fourth-order valence-electron chi connectivity index (χ4n) is 1.92. The molecule has 0 radical (unpaired) electrons. The maximum absolute atomic E-state index is 12.4. The number of hydrogen-bond acceptors (Lipinski definition) is 4. The summed E-state index contributed by atoms with van der Waals surface area (Å²) in [6.07, 6.45) is 2.67. The Labute approximate surface area is 113 Å². The lowest BCUT2D eigenvalue weighted by molar-refractivity contribution is 0.103. The number of thiophene rings is 2. The minimum Gasteiger partial charge on any atom is -0.286 e. The zero-order chi connectivity index (χ0) is 12.5. The van der Waals surface area contributed by atoms with Gasteiger partial charge in [-0.05, 0) is 30.0 Å². The predicted molar refractivity (Wildman–Crippen MR) is 75.7 cm³/mol. The average molecular weight is 276 g/mol. The van der Waals surface area contributed by atoms with Gasteiger partial charge >= 0.3 is 0 Å². The average Bonchev–Trinajstić information content (AvgIpc) is 3.02. The number of nitrogens with zero attached hydrogens (tertiary/aromatic N) is 2. The van der Waals surface area contributed by atoms with Gasteiger partial charge in [0.2, 0.25) is 5.78 Å². The van der Waals surface area contributed by atoms with Gasteiger partial charge in [0, 0.05) is 22.1 Å². The van der Waals surface area contributed by atoms with Gasteiger partial charge in [0.05, 0.1) is 4.88 Å². The number of carbonyl (C=O) groups is 1. The standard InChI is InChI=1S/C13H12N2OS2/c1-2-6-15-9(3-5-14-15)13(16)12-8-11-10(18-12)4-7-17-11/h3-5,7-8H,2,6H2,1H3. The SMILES string of the molecule is CCCn1nccc1C(=O)c1cc2sccc2s1. The molecule has 0 saturated carbocycles. The largest absolute Gasteiger partial charge is 0.286 e. The highest BCUT2D eigenvalue weighted by Gasteiger charge is 2.17. The molecule has 0 fully saturated rings. The third-order valence-electron chi connectivity index (χ3n) is 2.75. The van der Waals surface area contributed by atoms with Gasteiger partial charge in [-0.1, -0.05) is 6.92 Å². The van der Waals surface area contributed by atoms with Gasteiger partial charge in [-0.25, -0.2) is 0 Å². The Balaban J connectivity index is 1.98. The molecule has 0 bridgehead atoms. The Morgan fingerprint density at radius 3 is 3.06 bits per heavy atom. The highest BCUT2D eigenvalue weighted by molar-refractivity contribution is 7.28. The van der Waals surface area contributed by atoms with E-state index in [4.69, 9.17) is 0 Å². The first-order chi connectivity index (χ1) is 8.79. The van der Waals surface area contributed by atoms with Crippen molar-refractivity contribution in [2.45, 2.75) is 19.9 Å². The molecular weight excluding hydrogens is 264 g/mol. The molecule has 0 spiro atoms. The third kappa shape index (κ3) is 1.89. The smallest absolute Gasteiger partial charge is 0.220 e. The molecule has 5 heteroatoms. The summed E-state index contributed by atoms with van der Waals surface area (Å²) in [7, 11) is 0. The van der Waals surface area contributed by atoms with Crippen molar-refractivity contribution in [1.82, 2.24) is 9.78 Å². The van der Waals surface area contributed by atoms with Crippen LogP contribution in [0, 0.1) is 0 Å². The van der Waals surface area contributed by atoms with Gasteiger partial charge < -0.3 is 0 Å². The molecule has 18 heavy (non-hydrogen) atoms. The van der Waals surface area contributed by atoms with E-state index in [0.717, 1.165) is 17.8 Å². The summed E-state index contributed by atoms with van der Waals surface area (Å²) in [5.41, 5.74) is 0.686. The number of aromatic nitrogens is 2. The number of ketones is 1. The summed E-state index contributed by atoms with van der Waals surface area (Å²) >= 11 is 3.23. The fourth-order valence-corrected chi connectivity index (χ4v) is 3.98. The van der Waals surface area contributed by atoms with Gasteiger partial charge in [0.25, 0.3) is 0 Å². The number of rotatable bonds is 4. The van der Waals surface area contributed by atoms with E-state index in [9.17, 15) is 4.79 Å². The second kappa shape index (κ2) is 4.66. The molecular formula is C13H12N2OS2. The van der Waals surface area contributed by atoms with Gasteiger partial charge in [0.1, 0.15) is 5.69 Å². The van der Waals surface area contributed by atoms with Crippen molar-refractivity contribution in [2.24, 2.45) is 0 Å². The molecule has 3 aromatic rings. The van der Waals surface area contributed by atoms with Crippen LogP contribution in [0.15, 0.2) is 29.8 Å². The third-order valence-corrected chi connectivity index (χ3v) is 4.84. The summed E-state index contributed by atoms with van der Waals surface area (Å²) in [5.74, 6) is 0.0781. The minimum absolute atomic E-state index is 0.0781. The molecule has 0 aliphatic rings. The second-order valence-corrected chi connectivity index (χ2v) is 6.06. The Morgan fingerprint density at radius 1 is 1.39 bits per heavy atom. The van der Waals surface area contributed by atoms with Crippen molar-refractivity contribution < 1.29 is 4.79 Å². The molecule has 3 heterocycles. The highest BCUT2D eigenvalue weighted by Crippen LogP contribution is 2.31. The Hall–Kier alpha value is -1.46. The maximum atomic E-state index is 12.4. The van der Waals surface area contributed by atoms with Crippen LogP contribution in [-0.2, 0) is 6.54 Å². The van der Waals surface area contributed by atoms with Crippen LogP contribution in [0.5, 0.6) is 0 Å². The van der Waals surface area contributed by atoms with E-state index >= 15 is 0 Å². The fraction of sp³-hybridized carbons (Fsp3) is 0.231. The topological polar surface area (TPSA) is 34.9 Å². The summed E-state index contributed by atoms with van der Waals surface area (Å²) in [5, 5.41) is 6.25. The molecule has 0 N–H and O–H groups in total. The number of aryl methyl sites for hydroxylation is 1. The minimum atomic E-state index is 0.0781. The van der Waals surface area contributed by atoms with E-state index in [1.54, 1.807) is 39.6 Å². The van der Waals surface area contributed by atoms with E-state index in [-0.39, 0.29) is 5.78 Å². The molecule has 0 amide bonds. The van der Waals surface area contributed by atoms with Crippen LogP contribution in [0.4, 0.5) is 0 Å². The normalized spacial score (nSPS) is 11.2. The molecule has 0 aliphatic heterocycles. The summed E-state index contributed by atoms with van der Waals surface area (Å²) in [4.78, 5) is 13.2. The van der Waals surface area contributed by atoms with E-state index in [0.29, 0.717) is 5.69 Å². The zero-order valence-electron chi connectivity index (χ0n) is 9.92. The molecule has 92 valence electrons. The lowest BCUT2D eigenvalue weighted by Gasteiger charge is -2.03. The van der Waals surface area contributed by atoms with Crippen LogP contribution >= 0.6 is 22.7 Å². The van der Waals surface area contributed by atoms with E-state index in [1.807, 2.05) is 6.07 Å². The van der Waals surface area contributed by atoms with Crippen molar-refractivity contribution >= 4 is 37.9 Å². The van der Waals surface area contributed by atoms with Crippen LogP contribution in [0.2, 0.25) is 0 Å². The van der Waals surface area contributed by atoms with Crippen molar-refractivity contribution in [3.05, 3.63) is 40.3 Å². The monoisotopic (exact) mass is 276 g/mol. The molecule has 0 saturated heterocycles. The van der Waals surface area contributed by atoms with E-state index < -0.39 is 0 Å². The number of fused-ring (bicyclic) bond motifs is 1. The van der Waals surface area contributed by atoms with Crippen LogP contribution in [0.1, 0.15) is 28.7 Å². The lowest BCUT2D eigenvalue weighted by Crippen LogP contribution is -2.10. The molecule has 3 rings (SSSR count). The van der Waals surface area contributed by atoms with E-state index in [1.165, 1.54) is 9.40 Å². The van der Waals surface area contributed by atoms with Crippen LogP contribution in [0.3, 0.4) is 0 Å². The van der Waals surface area contributed by atoms with Crippen molar-refractivity contribution in [3.8, 4) is 0 Å². The summed E-state index contributed by atoms with van der Waals surface area (Å²) in [6, 6.07) is 5.84. The van der Waals surface area contributed by atoms with Gasteiger partial charge in [-0.3, -0.25) is 9.48 Å². The number of carbonyl (C=O) groups excluding carboxylic acids is 1. The van der Waals surface area contributed by atoms with Crippen LogP contribution in [0.25, 0.3) is 9.40 Å². The quantitative estimate of drug-likeness (QED) is 0.679. The first kappa shape index (κ1) is 11.6. The molecule has 3 aromatic heterocycles. The van der Waals surface area contributed by atoms with Crippen LogP contribution in [-0.4, -0.2) is 15.6 Å². The Kier molecular flexibility index (Phi) is 3.01. The maximum Gasteiger partial charge on any atom is 0.220 e. The van der Waals surface area contributed by atoms with Gasteiger partial charge in [0.15, 0.2) is 0 Å². The van der Waals surface area contributed by atoms with Crippen molar-refractivity contribution in [2.75, 3.05) is 0 Å². The summed E-state index contributed by atoms with van der Waals surface area (Å²) < 4.78 is 4.16. The molecule has 0 unspecified atom stereocenters. The van der Waals surface area contributed by atoms with Gasteiger partial charge in [-0.2, -0.15) is 5.10 Å². The predicted octanol–water partition coefficient (Wildman–Crippen LogP) is 3.80. The van der Waals surface area contributed by atoms with Crippen molar-refractivity contribution in [1.29, 1.82) is 0 Å². The molecule has 0 aromatic carbocycles. The summed E-state index contributed by atoms with van der Waals surface area (Å²) in [6.45, 7) is 2.87.